The van der Waals surface area contributed by atoms with E-state index in [1.54, 1.807) is 0 Å². The SMILES string of the molecule is C=C(C)OCCCCCCCCNCCO. The van der Waals surface area contributed by atoms with Crippen molar-refractivity contribution in [1.82, 2.24) is 5.32 Å². The van der Waals surface area contributed by atoms with E-state index in [0.29, 0.717) is 0 Å². The summed E-state index contributed by atoms with van der Waals surface area (Å²) in [5, 5.41) is 11.7. The lowest BCUT2D eigenvalue weighted by Crippen LogP contribution is -2.19. The lowest BCUT2D eigenvalue weighted by Gasteiger charge is -2.05. The Morgan fingerprint density at radius 1 is 1.06 bits per heavy atom. The van der Waals surface area contributed by atoms with Crippen molar-refractivity contribution >= 4 is 0 Å². The molecule has 0 fully saturated rings. The molecule has 0 radical (unpaired) electrons. The Hall–Kier alpha value is -0.540. The van der Waals surface area contributed by atoms with Crippen LogP contribution in [0.25, 0.3) is 0 Å². The van der Waals surface area contributed by atoms with Crippen LogP contribution >= 0.6 is 0 Å². The molecule has 0 aromatic rings. The summed E-state index contributed by atoms with van der Waals surface area (Å²) in [4.78, 5) is 0. The molecule has 0 aliphatic heterocycles. The minimum Gasteiger partial charge on any atom is -0.499 e. The Balaban J connectivity index is 2.90. The van der Waals surface area contributed by atoms with E-state index < -0.39 is 0 Å². The standard InChI is InChI=1S/C13H27NO2/c1-13(2)16-12-8-6-4-3-5-7-9-14-10-11-15/h14-15H,1,3-12H2,2H3. The minimum atomic E-state index is 0.239. The van der Waals surface area contributed by atoms with Crippen molar-refractivity contribution in [1.29, 1.82) is 0 Å². The van der Waals surface area contributed by atoms with Crippen LogP contribution in [0.1, 0.15) is 45.4 Å². The summed E-state index contributed by atoms with van der Waals surface area (Å²) in [5.41, 5.74) is 0. The van der Waals surface area contributed by atoms with Gasteiger partial charge in [-0.25, -0.2) is 0 Å². The maximum atomic E-state index is 8.55. The Bertz CT molecular complexity index is 160. The second-order valence-corrected chi connectivity index (χ2v) is 4.15. The molecule has 3 heteroatoms. The molecule has 2 N–H and O–H groups in total. The van der Waals surface area contributed by atoms with Crippen molar-refractivity contribution in [3.63, 3.8) is 0 Å². The maximum absolute atomic E-state index is 8.55. The summed E-state index contributed by atoms with van der Waals surface area (Å²) in [6.45, 7) is 8.38. The van der Waals surface area contributed by atoms with Gasteiger partial charge in [0.25, 0.3) is 0 Å². The number of hydrogen-bond acceptors (Lipinski definition) is 3. The first-order chi connectivity index (χ1) is 7.77. The molecule has 0 spiro atoms. The molecular weight excluding hydrogens is 202 g/mol. The van der Waals surface area contributed by atoms with Crippen LogP contribution in [0, 0.1) is 0 Å². The first-order valence-electron chi connectivity index (χ1n) is 6.37. The molecule has 0 amide bonds. The first-order valence-corrected chi connectivity index (χ1v) is 6.37. The largest absolute Gasteiger partial charge is 0.499 e. The summed E-state index contributed by atoms with van der Waals surface area (Å²) in [6.07, 6.45) is 7.46. The van der Waals surface area contributed by atoms with Crippen LogP contribution in [-0.4, -0.2) is 31.4 Å². The van der Waals surface area contributed by atoms with Gasteiger partial charge in [0.2, 0.25) is 0 Å². The highest BCUT2D eigenvalue weighted by atomic mass is 16.5. The molecule has 0 bridgehead atoms. The molecule has 96 valence electrons. The van der Waals surface area contributed by atoms with Crippen molar-refractivity contribution in [3.8, 4) is 0 Å². The maximum Gasteiger partial charge on any atom is 0.0876 e. The molecule has 0 aromatic carbocycles. The van der Waals surface area contributed by atoms with E-state index in [4.69, 9.17) is 9.84 Å². The lowest BCUT2D eigenvalue weighted by molar-refractivity contribution is 0.208. The zero-order valence-corrected chi connectivity index (χ0v) is 10.6. The third-order valence-corrected chi connectivity index (χ3v) is 2.38. The van der Waals surface area contributed by atoms with Crippen molar-refractivity contribution in [2.45, 2.75) is 45.4 Å². The normalized spacial score (nSPS) is 10.4. The Morgan fingerprint density at radius 3 is 2.31 bits per heavy atom. The van der Waals surface area contributed by atoms with Crippen molar-refractivity contribution in [3.05, 3.63) is 12.3 Å². The van der Waals surface area contributed by atoms with Gasteiger partial charge in [-0.05, 0) is 26.3 Å². The molecule has 0 rings (SSSR count). The molecule has 0 saturated heterocycles. The van der Waals surface area contributed by atoms with E-state index in [9.17, 15) is 0 Å². The number of aliphatic hydroxyl groups excluding tert-OH is 1. The molecule has 16 heavy (non-hydrogen) atoms. The second-order valence-electron chi connectivity index (χ2n) is 4.15. The number of hydrogen-bond donors (Lipinski definition) is 2. The van der Waals surface area contributed by atoms with Gasteiger partial charge in [0.15, 0.2) is 0 Å². The molecule has 0 aliphatic rings. The molecule has 0 aliphatic carbocycles. The van der Waals surface area contributed by atoms with Gasteiger partial charge in [0.05, 0.1) is 19.0 Å². The Labute approximate surface area is 99.9 Å². The average molecular weight is 229 g/mol. The predicted octanol–water partition coefficient (Wildman–Crippen LogP) is 2.46. The van der Waals surface area contributed by atoms with Crippen molar-refractivity contribution < 1.29 is 9.84 Å². The van der Waals surface area contributed by atoms with Crippen LogP contribution in [-0.2, 0) is 4.74 Å². The fraction of sp³-hybridized carbons (Fsp3) is 0.846. The molecule has 0 heterocycles. The molecule has 0 aromatic heterocycles. The average Bonchev–Trinajstić information content (AvgIpc) is 2.25. The second kappa shape index (κ2) is 12.5. The lowest BCUT2D eigenvalue weighted by atomic mass is 10.1. The topological polar surface area (TPSA) is 41.5 Å². The van der Waals surface area contributed by atoms with E-state index in [0.717, 1.165) is 31.9 Å². The molecule has 3 nitrogen and oxygen atoms in total. The first kappa shape index (κ1) is 15.5. The van der Waals surface area contributed by atoms with E-state index in [-0.39, 0.29) is 6.61 Å². The van der Waals surface area contributed by atoms with E-state index in [2.05, 4.69) is 11.9 Å². The number of ether oxygens (including phenoxy) is 1. The van der Waals surface area contributed by atoms with E-state index >= 15 is 0 Å². The molecule has 0 saturated carbocycles. The van der Waals surface area contributed by atoms with Gasteiger partial charge in [0.1, 0.15) is 0 Å². The van der Waals surface area contributed by atoms with Gasteiger partial charge in [-0.2, -0.15) is 0 Å². The summed E-state index contributed by atoms with van der Waals surface area (Å²) in [7, 11) is 0. The van der Waals surface area contributed by atoms with Gasteiger partial charge >= 0.3 is 0 Å². The highest BCUT2D eigenvalue weighted by molar-refractivity contribution is 4.73. The number of unbranched alkanes of at least 4 members (excludes halogenated alkanes) is 5. The quantitative estimate of drug-likeness (QED) is 0.399. The molecular formula is C13H27NO2. The zero-order chi connectivity index (χ0) is 12.1. The van der Waals surface area contributed by atoms with Gasteiger partial charge in [-0.3, -0.25) is 0 Å². The monoisotopic (exact) mass is 229 g/mol. The van der Waals surface area contributed by atoms with Gasteiger partial charge < -0.3 is 15.2 Å². The number of rotatable bonds is 12. The third-order valence-electron chi connectivity index (χ3n) is 2.38. The summed E-state index contributed by atoms with van der Waals surface area (Å²) in [6, 6.07) is 0. The smallest absolute Gasteiger partial charge is 0.0876 e. The Kier molecular flexibility index (Phi) is 12.1. The predicted molar refractivity (Wildman–Crippen MR) is 68.4 cm³/mol. The number of aliphatic hydroxyl groups is 1. The van der Waals surface area contributed by atoms with Crippen LogP contribution in [0.15, 0.2) is 12.3 Å². The van der Waals surface area contributed by atoms with Crippen LogP contribution in [0.2, 0.25) is 0 Å². The van der Waals surface area contributed by atoms with Crippen LogP contribution in [0.5, 0.6) is 0 Å². The van der Waals surface area contributed by atoms with Crippen LogP contribution in [0.3, 0.4) is 0 Å². The van der Waals surface area contributed by atoms with Gasteiger partial charge in [0, 0.05) is 6.54 Å². The van der Waals surface area contributed by atoms with Crippen LogP contribution < -0.4 is 5.32 Å². The van der Waals surface area contributed by atoms with E-state index in [1.165, 1.54) is 32.1 Å². The van der Waals surface area contributed by atoms with Crippen molar-refractivity contribution in [2.24, 2.45) is 0 Å². The Morgan fingerprint density at radius 2 is 1.69 bits per heavy atom. The zero-order valence-electron chi connectivity index (χ0n) is 10.6. The third kappa shape index (κ3) is 13.5. The number of nitrogens with one attached hydrogen (secondary N) is 1. The molecule has 0 atom stereocenters. The summed E-state index contributed by atoms with van der Waals surface area (Å²) >= 11 is 0. The van der Waals surface area contributed by atoms with Crippen molar-refractivity contribution in [2.75, 3.05) is 26.3 Å². The minimum absolute atomic E-state index is 0.239. The fourth-order valence-corrected chi connectivity index (χ4v) is 1.51. The summed E-state index contributed by atoms with van der Waals surface area (Å²) < 4.78 is 5.29. The highest BCUT2D eigenvalue weighted by Gasteiger charge is 1.92. The highest BCUT2D eigenvalue weighted by Crippen LogP contribution is 2.05. The summed E-state index contributed by atoms with van der Waals surface area (Å²) in [5.74, 6) is 0.815. The number of allylic oxidation sites excluding steroid dienone is 1. The van der Waals surface area contributed by atoms with Gasteiger partial charge in [-0.1, -0.05) is 32.3 Å². The fourth-order valence-electron chi connectivity index (χ4n) is 1.51. The van der Waals surface area contributed by atoms with Gasteiger partial charge in [-0.15, -0.1) is 0 Å². The van der Waals surface area contributed by atoms with Crippen LogP contribution in [0.4, 0.5) is 0 Å². The van der Waals surface area contributed by atoms with E-state index in [1.807, 2.05) is 6.92 Å². The molecule has 0 unspecified atom stereocenters.